The van der Waals surface area contributed by atoms with Gasteiger partial charge in [0.05, 0.1) is 29.6 Å². The van der Waals surface area contributed by atoms with E-state index in [1.807, 2.05) is 0 Å². The summed E-state index contributed by atoms with van der Waals surface area (Å²) in [6, 6.07) is 6.89. The maximum absolute atomic E-state index is 14.0. The number of hydrogen-bond acceptors (Lipinski definition) is 9. The fourth-order valence-corrected chi connectivity index (χ4v) is 11.6. The van der Waals surface area contributed by atoms with Crippen molar-refractivity contribution in [2.45, 2.75) is 87.1 Å². The Balaban J connectivity index is 1.38. The maximum atomic E-state index is 14.0. The summed E-state index contributed by atoms with van der Waals surface area (Å²) in [7, 11) is 5.05. The summed E-state index contributed by atoms with van der Waals surface area (Å²) in [5.74, 6) is -1.54. The molecule has 230 valence electrons. The second-order valence-corrected chi connectivity index (χ2v) is 13.7. The number of para-hydroxylation sites is 1. The van der Waals surface area contributed by atoms with Crippen LogP contribution in [0.1, 0.15) is 56.3 Å². The fraction of sp³-hybridized carbons (Fsp3) is 0.750. The highest BCUT2D eigenvalue weighted by atomic mass is 16.6. The van der Waals surface area contributed by atoms with Crippen molar-refractivity contribution >= 4 is 17.6 Å². The number of aliphatic hydroxyl groups is 2. The molecule has 5 saturated carbocycles. The number of nitrogens with zero attached hydrogens (tertiary/aromatic N) is 1. The van der Waals surface area contributed by atoms with Gasteiger partial charge in [-0.15, -0.1) is 0 Å². The number of likely N-dealkylation sites (N-methyl/N-ethyl adjacent to an activating group) is 1. The summed E-state index contributed by atoms with van der Waals surface area (Å²) in [5.41, 5.74) is -3.57. The first-order chi connectivity index (χ1) is 20.1. The Bertz CT molecular complexity index is 1290. The highest BCUT2D eigenvalue weighted by molar-refractivity contribution is 6.00. The minimum absolute atomic E-state index is 0.0432. The number of carbonyl (C=O) groups excluding carboxylic acids is 2. The number of ether oxygens (including phenoxy) is 4. The molecule has 1 saturated heterocycles. The van der Waals surface area contributed by atoms with Crippen LogP contribution in [-0.2, 0) is 23.7 Å². The lowest BCUT2D eigenvalue weighted by atomic mass is 9.44. The molecule has 6 fully saturated rings. The van der Waals surface area contributed by atoms with Gasteiger partial charge in [-0.2, -0.15) is 0 Å². The minimum Gasteiger partial charge on any atom is -0.454 e. The number of carbonyl (C=O) groups is 2. The van der Waals surface area contributed by atoms with Crippen molar-refractivity contribution in [2.75, 3.05) is 39.7 Å². The van der Waals surface area contributed by atoms with Crippen molar-refractivity contribution in [1.29, 1.82) is 0 Å². The van der Waals surface area contributed by atoms with Gasteiger partial charge in [0, 0.05) is 76.3 Å². The Morgan fingerprint density at radius 2 is 1.83 bits per heavy atom. The third-order valence-electron chi connectivity index (χ3n) is 12.6. The molecule has 1 heterocycles. The molecule has 1 amide bonds. The number of amides is 1. The molecule has 12 atom stereocenters. The average Bonchev–Trinajstić information content (AvgIpc) is 3.39. The molecular formula is C32H44N2O8. The number of nitrogens with one attached hydrogen (secondary N) is 1. The molecular weight excluding hydrogens is 540 g/mol. The normalized spacial score (nSPS) is 48.2. The first kappa shape index (κ1) is 28.7. The first-order valence-electron chi connectivity index (χ1n) is 15.4. The summed E-state index contributed by atoms with van der Waals surface area (Å²) < 4.78 is 25.1. The van der Waals surface area contributed by atoms with Crippen molar-refractivity contribution in [3.63, 3.8) is 0 Å². The first-order valence-corrected chi connectivity index (χ1v) is 15.4. The highest BCUT2D eigenvalue weighted by Gasteiger charge is 2.89. The summed E-state index contributed by atoms with van der Waals surface area (Å²) >= 11 is 0. The van der Waals surface area contributed by atoms with Crippen LogP contribution in [0, 0.1) is 29.1 Å². The summed E-state index contributed by atoms with van der Waals surface area (Å²) in [4.78, 5) is 28.3. The lowest BCUT2D eigenvalue weighted by molar-refractivity contribution is -0.337. The highest BCUT2D eigenvalue weighted by Crippen LogP contribution is 2.79. The summed E-state index contributed by atoms with van der Waals surface area (Å²) in [6.45, 7) is 4.79. The molecule has 0 radical (unpaired) electrons. The average molecular weight is 585 g/mol. The van der Waals surface area contributed by atoms with Gasteiger partial charge in [-0.05, 0) is 44.4 Å². The number of rotatable bonds is 7. The van der Waals surface area contributed by atoms with Gasteiger partial charge < -0.3 is 34.5 Å². The van der Waals surface area contributed by atoms with Gasteiger partial charge in [-0.25, -0.2) is 4.79 Å². The van der Waals surface area contributed by atoms with E-state index in [1.165, 1.54) is 6.92 Å². The van der Waals surface area contributed by atoms with Gasteiger partial charge in [-0.1, -0.05) is 19.1 Å². The third-order valence-corrected chi connectivity index (χ3v) is 12.6. The van der Waals surface area contributed by atoms with Crippen molar-refractivity contribution < 1.29 is 38.7 Å². The molecule has 7 rings (SSSR count). The van der Waals surface area contributed by atoms with E-state index >= 15 is 0 Å². The zero-order valence-corrected chi connectivity index (χ0v) is 25.2. The lowest BCUT2D eigenvalue weighted by Gasteiger charge is -2.70. The van der Waals surface area contributed by atoms with E-state index in [4.69, 9.17) is 18.9 Å². The molecule has 7 bridgehead atoms. The predicted molar refractivity (Wildman–Crippen MR) is 152 cm³/mol. The Kier molecular flexibility index (Phi) is 6.46. The van der Waals surface area contributed by atoms with Crippen LogP contribution in [0.25, 0.3) is 0 Å². The van der Waals surface area contributed by atoms with Crippen LogP contribution in [-0.4, -0.2) is 103 Å². The van der Waals surface area contributed by atoms with E-state index in [9.17, 15) is 19.8 Å². The molecule has 1 spiro atoms. The summed E-state index contributed by atoms with van der Waals surface area (Å²) in [5, 5.41) is 28.4. The van der Waals surface area contributed by atoms with Gasteiger partial charge >= 0.3 is 5.97 Å². The van der Waals surface area contributed by atoms with Gasteiger partial charge in [0.1, 0.15) is 16.8 Å². The molecule has 0 aromatic heterocycles. The Labute approximate surface area is 247 Å². The second kappa shape index (κ2) is 9.46. The SMILES string of the molecule is CCN1C[C@@]2(OC(=O)c3ccccc3NC(C)=O)CC[C@@H](OC)[C@@]34[C@@H]2C[C@@H]([C@@H]13)[C@@]1(O)C[C@H](OC)[C@H]2C[C@@H]4[C@]1(O)[C@H]2OC. The number of piperidine rings is 1. The third kappa shape index (κ3) is 3.21. The number of esters is 1. The number of hydrogen-bond donors (Lipinski definition) is 3. The standard InChI is InChI=1S/C32H44N2O8/c1-6-34-16-29(42-28(36)18-9-7-8-10-21(18)33-17(2)35)12-11-25(40-4)31-23(29)14-20(26(31)34)30(37)15-22(39-3)19-13-24(31)32(30,38)27(19)41-5/h7-10,19-20,22-27,37-38H,6,11-16H2,1-5H3,(H,33,35)/t19-,20+,22+,23-,24+,25-,26-,27+,29+,30+,31+,32+/m1/s1. The zero-order chi connectivity index (χ0) is 29.8. The van der Waals surface area contributed by atoms with Crippen LogP contribution >= 0.6 is 0 Å². The quantitative estimate of drug-likeness (QED) is 0.414. The number of fused-ring (bicyclic) bond motifs is 2. The second-order valence-electron chi connectivity index (χ2n) is 13.7. The Morgan fingerprint density at radius 1 is 1.07 bits per heavy atom. The minimum atomic E-state index is -1.48. The smallest absolute Gasteiger partial charge is 0.340 e. The van der Waals surface area contributed by atoms with Crippen molar-refractivity contribution in [1.82, 2.24) is 4.90 Å². The molecule has 10 nitrogen and oxygen atoms in total. The summed E-state index contributed by atoms with van der Waals surface area (Å²) in [6.07, 6.45) is 1.91. The monoisotopic (exact) mass is 584 g/mol. The Morgan fingerprint density at radius 3 is 2.50 bits per heavy atom. The maximum Gasteiger partial charge on any atom is 0.340 e. The van der Waals surface area contributed by atoms with Crippen LogP contribution in [0.4, 0.5) is 5.69 Å². The van der Waals surface area contributed by atoms with Gasteiger partial charge in [0.2, 0.25) is 5.91 Å². The topological polar surface area (TPSA) is 127 Å². The molecule has 5 aliphatic carbocycles. The molecule has 0 unspecified atom stereocenters. The molecule has 3 N–H and O–H groups in total. The van der Waals surface area contributed by atoms with E-state index in [2.05, 4.69) is 17.1 Å². The van der Waals surface area contributed by atoms with E-state index in [0.29, 0.717) is 56.4 Å². The van der Waals surface area contributed by atoms with Crippen LogP contribution in [0.2, 0.25) is 0 Å². The van der Waals surface area contributed by atoms with Crippen molar-refractivity contribution in [2.24, 2.45) is 29.1 Å². The number of benzene rings is 1. The predicted octanol–water partition coefficient (Wildman–Crippen LogP) is 2.22. The zero-order valence-electron chi connectivity index (χ0n) is 25.2. The van der Waals surface area contributed by atoms with E-state index in [-0.39, 0.29) is 47.8 Å². The van der Waals surface area contributed by atoms with Crippen molar-refractivity contribution in [3.8, 4) is 0 Å². The van der Waals surface area contributed by atoms with E-state index in [0.717, 1.165) is 0 Å². The van der Waals surface area contributed by atoms with Crippen LogP contribution in [0.3, 0.4) is 0 Å². The molecule has 1 aromatic rings. The lowest BCUT2D eigenvalue weighted by Crippen LogP contribution is -2.83. The van der Waals surface area contributed by atoms with Gasteiger partial charge in [-0.3, -0.25) is 9.69 Å². The fourth-order valence-electron chi connectivity index (χ4n) is 11.6. The van der Waals surface area contributed by atoms with Crippen LogP contribution < -0.4 is 5.32 Å². The Hall–Kier alpha value is -2.08. The number of anilines is 1. The molecule has 6 aliphatic rings. The van der Waals surface area contributed by atoms with E-state index < -0.39 is 34.3 Å². The van der Waals surface area contributed by atoms with Crippen molar-refractivity contribution in [3.05, 3.63) is 29.8 Å². The molecule has 10 heteroatoms. The number of likely N-dealkylation sites (tertiary alicyclic amines) is 1. The number of methoxy groups -OCH3 is 3. The van der Waals surface area contributed by atoms with Crippen LogP contribution in [0.15, 0.2) is 24.3 Å². The molecule has 1 aromatic carbocycles. The van der Waals surface area contributed by atoms with E-state index in [1.54, 1.807) is 45.6 Å². The molecule has 1 aliphatic heterocycles. The largest absolute Gasteiger partial charge is 0.454 e. The van der Waals surface area contributed by atoms with Gasteiger partial charge in [0.15, 0.2) is 0 Å². The van der Waals surface area contributed by atoms with Crippen LogP contribution in [0.5, 0.6) is 0 Å². The van der Waals surface area contributed by atoms with Gasteiger partial charge in [0.25, 0.3) is 0 Å². The molecule has 42 heavy (non-hydrogen) atoms.